The lowest BCUT2D eigenvalue weighted by atomic mass is 9.87. The van der Waals surface area contributed by atoms with E-state index in [0.29, 0.717) is 24.7 Å². The second-order valence-corrected chi connectivity index (χ2v) is 6.29. The van der Waals surface area contributed by atoms with Crippen molar-refractivity contribution >= 4 is 12.4 Å². The Morgan fingerprint density at radius 2 is 1.95 bits per heavy atom. The molecule has 110 valence electrons. The van der Waals surface area contributed by atoms with Crippen molar-refractivity contribution < 1.29 is 19.1 Å². The van der Waals surface area contributed by atoms with Crippen molar-refractivity contribution in [1.82, 2.24) is 0 Å². The summed E-state index contributed by atoms with van der Waals surface area (Å²) in [6, 6.07) is 0. The Bertz CT molecular complexity index is 311. The molecule has 0 N–H and O–H groups in total. The van der Waals surface area contributed by atoms with Crippen LogP contribution in [0.4, 0.5) is 0 Å². The van der Waals surface area contributed by atoms with Crippen LogP contribution in [0.5, 0.6) is 0 Å². The van der Waals surface area contributed by atoms with Crippen LogP contribution in [0.15, 0.2) is 0 Å². The van der Waals surface area contributed by atoms with E-state index in [-0.39, 0.29) is 30.0 Å². The number of ether oxygens (including phenoxy) is 2. The Kier molecular flexibility index (Phi) is 5.83. The topological polar surface area (TPSA) is 52.6 Å². The van der Waals surface area contributed by atoms with Crippen molar-refractivity contribution in [2.45, 2.75) is 59.7 Å². The van der Waals surface area contributed by atoms with Crippen molar-refractivity contribution in [3.8, 4) is 0 Å². The molecule has 0 aromatic carbocycles. The van der Waals surface area contributed by atoms with Crippen molar-refractivity contribution in [3.63, 3.8) is 0 Å². The molecule has 19 heavy (non-hydrogen) atoms. The molecule has 4 atom stereocenters. The molecule has 1 aliphatic heterocycles. The lowest BCUT2D eigenvalue weighted by molar-refractivity contribution is -0.155. The summed E-state index contributed by atoms with van der Waals surface area (Å²) in [5, 5.41) is 0. The van der Waals surface area contributed by atoms with Gasteiger partial charge in [0, 0.05) is 6.42 Å². The van der Waals surface area contributed by atoms with Crippen LogP contribution in [-0.4, -0.2) is 24.6 Å². The van der Waals surface area contributed by atoms with Crippen LogP contribution in [0, 0.1) is 23.7 Å². The maximum absolute atomic E-state index is 11.8. The first-order valence-corrected chi connectivity index (χ1v) is 7.16. The van der Waals surface area contributed by atoms with Gasteiger partial charge in [0.15, 0.2) is 0 Å². The van der Waals surface area contributed by atoms with Gasteiger partial charge in [0.2, 0.25) is 0 Å². The minimum atomic E-state index is -0.317. The molecule has 1 heterocycles. The Morgan fingerprint density at radius 3 is 2.37 bits per heavy atom. The molecule has 0 saturated carbocycles. The third kappa shape index (κ3) is 4.22. The summed E-state index contributed by atoms with van der Waals surface area (Å²) in [7, 11) is 0. The van der Waals surface area contributed by atoms with Gasteiger partial charge in [-0.3, -0.25) is 9.59 Å². The Morgan fingerprint density at radius 1 is 1.32 bits per heavy atom. The molecule has 4 heteroatoms. The Balaban J connectivity index is 2.67. The molecule has 0 spiro atoms. The van der Waals surface area contributed by atoms with Gasteiger partial charge in [0.1, 0.15) is 12.2 Å². The monoisotopic (exact) mass is 270 g/mol. The molecule has 0 aromatic heterocycles. The zero-order valence-corrected chi connectivity index (χ0v) is 12.6. The number of hydrogen-bond donors (Lipinski definition) is 0. The van der Waals surface area contributed by atoms with Crippen LogP contribution in [0.2, 0.25) is 0 Å². The second kappa shape index (κ2) is 6.92. The molecule has 1 saturated heterocycles. The maximum Gasteiger partial charge on any atom is 0.309 e. The molecule has 0 bridgehead atoms. The van der Waals surface area contributed by atoms with E-state index in [1.165, 1.54) is 0 Å². The van der Waals surface area contributed by atoms with Gasteiger partial charge in [-0.15, -0.1) is 0 Å². The Hall–Kier alpha value is -1.06. The summed E-state index contributed by atoms with van der Waals surface area (Å²) >= 11 is 0. The van der Waals surface area contributed by atoms with Crippen molar-refractivity contribution in [2.24, 2.45) is 23.7 Å². The zero-order valence-electron chi connectivity index (χ0n) is 12.6. The van der Waals surface area contributed by atoms with Crippen LogP contribution < -0.4 is 0 Å². The number of carbonyl (C=O) groups excluding carboxylic acids is 2. The van der Waals surface area contributed by atoms with E-state index >= 15 is 0 Å². The summed E-state index contributed by atoms with van der Waals surface area (Å²) in [5.74, 6) is 0.961. The van der Waals surface area contributed by atoms with Crippen LogP contribution in [0.1, 0.15) is 47.5 Å². The van der Waals surface area contributed by atoms with E-state index in [1.807, 2.05) is 13.8 Å². The molecule has 0 radical (unpaired) electrons. The van der Waals surface area contributed by atoms with Gasteiger partial charge in [-0.2, -0.15) is 0 Å². The lowest BCUT2D eigenvalue weighted by Gasteiger charge is -2.25. The van der Waals surface area contributed by atoms with Crippen LogP contribution in [0.3, 0.4) is 0 Å². The van der Waals surface area contributed by atoms with E-state index in [2.05, 4.69) is 20.8 Å². The molecule has 0 amide bonds. The predicted octanol–water partition coefficient (Wildman–Crippen LogP) is 2.80. The van der Waals surface area contributed by atoms with Crippen LogP contribution >= 0.6 is 0 Å². The summed E-state index contributed by atoms with van der Waals surface area (Å²) < 4.78 is 10.6. The van der Waals surface area contributed by atoms with Crippen molar-refractivity contribution in [1.29, 1.82) is 0 Å². The standard InChI is InChI=1S/C15H26O4/c1-9(2)11(5)6-13(18-8-16)14-7-12(10(3)4)15(17)19-14/h8-14H,6-7H2,1-5H3/t11-,12-,13+,14+/m0/s1. The molecule has 1 rings (SSSR count). The van der Waals surface area contributed by atoms with Gasteiger partial charge in [-0.25, -0.2) is 0 Å². The van der Waals surface area contributed by atoms with Gasteiger partial charge in [0.05, 0.1) is 5.92 Å². The second-order valence-electron chi connectivity index (χ2n) is 6.29. The van der Waals surface area contributed by atoms with E-state index in [9.17, 15) is 9.59 Å². The number of esters is 1. The molecule has 4 nitrogen and oxygen atoms in total. The normalized spacial score (nSPS) is 26.4. The summed E-state index contributed by atoms with van der Waals surface area (Å²) in [4.78, 5) is 22.4. The van der Waals surface area contributed by atoms with Crippen molar-refractivity contribution in [2.75, 3.05) is 0 Å². The number of hydrogen-bond acceptors (Lipinski definition) is 4. The fourth-order valence-corrected chi connectivity index (χ4v) is 2.41. The lowest BCUT2D eigenvalue weighted by Crippen LogP contribution is -2.31. The highest BCUT2D eigenvalue weighted by atomic mass is 16.6. The number of rotatable bonds is 7. The van der Waals surface area contributed by atoms with Crippen LogP contribution in [-0.2, 0) is 19.1 Å². The Labute approximate surface area is 115 Å². The fraction of sp³-hybridized carbons (Fsp3) is 0.867. The first-order chi connectivity index (χ1) is 8.86. The number of cyclic esters (lactones) is 1. The minimum absolute atomic E-state index is 0.0721. The maximum atomic E-state index is 11.8. The molecule has 1 fully saturated rings. The summed E-state index contributed by atoms with van der Waals surface area (Å²) in [6.07, 6.45) is 0.785. The van der Waals surface area contributed by atoms with Gasteiger partial charge >= 0.3 is 5.97 Å². The highest BCUT2D eigenvalue weighted by molar-refractivity contribution is 5.75. The molecular weight excluding hydrogens is 244 g/mol. The smallest absolute Gasteiger partial charge is 0.309 e. The van der Waals surface area contributed by atoms with E-state index in [1.54, 1.807) is 0 Å². The molecule has 0 unspecified atom stereocenters. The highest BCUT2D eigenvalue weighted by Gasteiger charge is 2.41. The fourth-order valence-electron chi connectivity index (χ4n) is 2.41. The van der Waals surface area contributed by atoms with Gasteiger partial charge < -0.3 is 9.47 Å². The quantitative estimate of drug-likeness (QED) is 0.527. The molecule has 1 aliphatic rings. The van der Waals surface area contributed by atoms with E-state index in [0.717, 1.165) is 6.42 Å². The van der Waals surface area contributed by atoms with Gasteiger partial charge in [-0.05, 0) is 24.2 Å². The van der Waals surface area contributed by atoms with Gasteiger partial charge in [-0.1, -0.05) is 34.6 Å². The first-order valence-electron chi connectivity index (χ1n) is 7.16. The SMILES string of the molecule is CC(C)[C@@H]1C[C@H]([C@@H](C[C@H](C)C(C)C)OC=O)OC1=O. The third-order valence-electron chi connectivity index (χ3n) is 4.25. The summed E-state index contributed by atoms with van der Waals surface area (Å²) in [5.41, 5.74) is 0. The van der Waals surface area contributed by atoms with Crippen LogP contribution in [0.25, 0.3) is 0 Å². The largest absolute Gasteiger partial charge is 0.461 e. The van der Waals surface area contributed by atoms with E-state index in [4.69, 9.17) is 9.47 Å². The van der Waals surface area contributed by atoms with Crippen molar-refractivity contribution in [3.05, 3.63) is 0 Å². The van der Waals surface area contributed by atoms with E-state index < -0.39 is 0 Å². The average Bonchev–Trinajstić information content (AvgIpc) is 2.70. The number of carbonyl (C=O) groups is 2. The molecule has 0 aromatic rings. The average molecular weight is 270 g/mol. The molecule has 0 aliphatic carbocycles. The predicted molar refractivity (Wildman–Crippen MR) is 72.4 cm³/mol. The third-order valence-corrected chi connectivity index (χ3v) is 4.25. The zero-order chi connectivity index (χ0) is 14.6. The first kappa shape index (κ1) is 16.0. The van der Waals surface area contributed by atoms with Gasteiger partial charge in [0.25, 0.3) is 6.47 Å². The summed E-state index contributed by atoms with van der Waals surface area (Å²) in [6.45, 7) is 10.9. The highest BCUT2D eigenvalue weighted by Crippen LogP contribution is 2.32. The molecular formula is C15H26O4. The minimum Gasteiger partial charge on any atom is -0.461 e.